The van der Waals surface area contributed by atoms with Crippen molar-refractivity contribution in [2.24, 2.45) is 0 Å². The quantitative estimate of drug-likeness (QED) is 0.812. The highest BCUT2D eigenvalue weighted by Gasteiger charge is 2.08. The molecule has 0 radical (unpaired) electrons. The lowest BCUT2D eigenvalue weighted by Crippen LogP contribution is -2.21. The molecule has 2 N–H and O–H groups in total. The van der Waals surface area contributed by atoms with E-state index < -0.39 is 0 Å². The second-order valence-corrected chi connectivity index (χ2v) is 4.26. The zero-order valence-electron chi connectivity index (χ0n) is 10.4. The fourth-order valence-corrected chi connectivity index (χ4v) is 1.66. The molecule has 2 rings (SSSR count). The smallest absolute Gasteiger partial charge is 0.270 e. The van der Waals surface area contributed by atoms with Crippen LogP contribution < -0.4 is 10.7 Å². The van der Waals surface area contributed by atoms with E-state index >= 15 is 0 Å². The summed E-state index contributed by atoms with van der Waals surface area (Å²) < 4.78 is 1.33. The van der Waals surface area contributed by atoms with Gasteiger partial charge in [-0.25, -0.2) is 4.68 Å². The lowest BCUT2D eigenvalue weighted by Gasteiger charge is -2.07. The Morgan fingerprint density at radius 2 is 2.00 bits per heavy atom. The van der Waals surface area contributed by atoms with Gasteiger partial charge in [-0.05, 0) is 18.2 Å². The molecule has 0 aliphatic rings. The number of rotatable bonds is 5. The van der Waals surface area contributed by atoms with E-state index in [-0.39, 0.29) is 24.1 Å². The molecule has 2 amide bonds. The van der Waals surface area contributed by atoms with Gasteiger partial charge in [0.05, 0.1) is 0 Å². The Balaban J connectivity index is 2.05. The van der Waals surface area contributed by atoms with E-state index in [4.69, 9.17) is 11.6 Å². The maximum absolute atomic E-state index is 12.0. The summed E-state index contributed by atoms with van der Waals surface area (Å²) in [6.45, 7) is 0. The van der Waals surface area contributed by atoms with E-state index in [9.17, 15) is 9.59 Å². The zero-order chi connectivity index (χ0) is 14.4. The summed E-state index contributed by atoms with van der Waals surface area (Å²) in [5.74, 6) is -0.283. The monoisotopic (exact) mass is 293 g/mol. The van der Waals surface area contributed by atoms with E-state index in [1.165, 1.54) is 17.3 Å². The number of alkyl halides is 1. The van der Waals surface area contributed by atoms with Gasteiger partial charge in [-0.1, -0.05) is 6.07 Å². The molecule has 0 spiro atoms. The van der Waals surface area contributed by atoms with Crippen molar-refractivity contribution in [3.8, 4) is 0 Å². The topological polar surface area (TPSA) is 88.9 Å². The Hall–Kier alpha value is -2.41. The van der Waals surface area contributed by atoms with Crippen LogP contribution in [-0.4, -0.2) is 32.6 Å². The highest BCUT2D eigenvalue weighted by atomic mass is 35.5. The molecule has 8 heteroatoms. The van der Waals surface area contributed by atoms with Crippen LogP contribution in [0.3, 0.4) is 0 Å². The summed E-state index contributed by atoms with van der Waals surface area (Å²) in [4.78, 5) is 23.4. The zero-order valence-corrected chi connectivity index (χ0v) is 11.2. The minimum Gasteiger partial charge on any atom is -0.326 e. The Kier molecular flexibility index (Phi) is 4.67. The second-order valence-electron chi connectivity index (χ2n) is 3.88. The maximum Gasteiger partial charge on any atom is 0.270 e. The van der Waals surface area contributed by atoms with E-state index in [0.717, 1.165) is 0 Å². The SMILES string of the molecule is O=C(CCCl)Nc1cccc(C(=O)Nn2cnnc2)c1. The normalized spacial score (nSPS) is 10.1. The molecule has 1 aromatic heterocycles. The number of carbonyl (C=O) groups is 2. The molecule has 1 aromatic carbocycles. The average molecular weight is 294 g/mol. The average Bonchev–Trinajstić information content (AvgIpc) is 2.92. The van der Waals surface area contributed by atoms with Crippen LogP contribution in [0.5, 0.6) is 0 Å². The van der Waals surface area contributed by atoms with Crippen LogP contribution in [0.1, 0.15) is 16.8 Å². The van der Waals surface area contributed by atoms with Gasteiger partial charge in [-0.2, -0.15) is 0 Å². The maximum atomic E-state index is 12.0. The molecule has 0 unspecified atom stereocenters. The van der Waals surface area contributed by atoms with Crippen LogP contribution in [0, 0.1) is 0 Å². The third-order valence-corrected chi connectivity index (χ3v) is 2.57. The number of halogens is 1. The highest BCUT2D eigenvalue weighted by molar-refractivity contribution is 6.19. The van der Waals surface area contributed by atoms with Gasteiger partial charge < -0.3 is 5.32 Å². The highest BCUT2D eigenvalue weighted by Crippen LogP contribution is 2.11. The summed E-state index contributed by atoms with van der Waals surface area (Å²) in [6.07, 6.45) is 2.95. The van der Waals surface area contributed by atoms with Gasteiger partial charge in [0.15, 0.2) is 0 Å². The first-order valence-corrected chi connectivity index (χ1v) is 6.34. The minimum atomic E-state index is -0.335. The lowest BCUT2D eigenvalue weighted by atomic mass is 10.2. The molecule has 0 fully saturated rings. The lowest BCUT2D eigenvalue weighted by molar-refractivity contribution is -0.115. The summed E-state index contributed by atoms with van der Waals surface area (Å²) in [6, 6.07) is 6.59. The number of aromatic nitrogens is 3. The Morgan fingerprint density at radius 3 is 2.70 bits per heavy atom. The molecular weight excluding hydrogens is 282 g/mol. The van der Waals surface area contributed by atoms with Gasteiger partial charge in [-0.3, -0.25) is 15.0 Å². The van der Waals surface area contributed by atoms with Gasteiger partial charge >= 0.3 is 0 Å². The van der Waals surface area contributed by atoms with Gasteiger partial charge in [0.25, 0.3) is 5.91 Å². The third-order valence-electron chi connectivity index (χ3n) is 2.38. The fourth-order valence-electron chi connectivity index (χ4n) is 1.49. The fraction of sp³-hybridized carbons (Fsp3) is 0.167. The third kappa shape index (κ3) is 3.79. The van der Waals surface area contributed by atoms with Gasteiger partial charge in [0.1, 0.15) is 12.7 Å². The van der Waals surface area contributed by atoms with Crippen molar-refractivity contribution in [3.05, 3.63) is 42.5 Å². The molecular formula is C12H12ClN5O2. The van der Waals surface area contributed by atoms with Gasteiger partial charge in [-0.15, -0.1) is 21.8 Å². The predicted molar refractivity (Wildman–Crippen MR) is 74.1 cm³/mol. The number of hydrogen-bond donors (Lipinski definition) is 2. The van der Waals surface area contributed by atoms with E-state index in [0.29, 0.717) is 11.3 Å². The molecule has 0 aliphatic carbocycles. The number of amides is 2. The molecule has 0 aliphatic heterocycles. The molecule has 7 nitrogen and oxygen atoms in total. The Labute approximate surface area is 119 Å². The van der Waals surface area contributed by atoms with Crippen LogP contribution in [0.25, 0.3) is 0 Å². The Morgan fingerprint density at radius 1 is 1.25 bits per heavy atom. The number of carbonyl (C=O) groups excluding carboxylic acids is 2. The number of hydrogen-bond acceptors (Lipinski definition) is 4. The largest absolute Gasteiger partial charge is 0.326 e. The van der Waals surface area contributed by atoms with Crippen LogP contribution in [-0.2, 0) is 4.79 Å². The molecule has 20 heavy (non-hydrogen) atoms. The standard InChI is InChI=1S/C12H12ClN5O2/c13-5-4-11(19)16-10-3-1-2-9(6-10)12(20)17-18-7-14-15-8-18/h1-3,6-8H,4-5H2,(H,16,19)(H,17,20). The summed E-state index contributed by atoms with van der Waals surface area (Å²) >= 11 is 5.48. The molecule has 0 saturated heterocycles. The van der Waals surface area contributed by atoms with E-state index in [1.54, 1.807) is 24.3 Å². The second kappa shape index (κ2) is 6.67. The molecule has 0 atom stereocenters. The number of nitrogens with zero attached hydrogens (tertiary/aromatic N) is 3. The molecule has 2 aromatic rings. The first-order chi connectivity index (χ1) is 9.69. The van der Waals surface area contributed by atoms with Crippen LogP contribution in [0.4, 0.5) is 5.69 Å². The minimum absolute atomic E-state index is 0.198. The van der Waals surface area contributed by atoms with Crippen molar-refractivity contribution >= 4 is 29.1 Å². The molecule has 0 saturated carbocycles. The van der Waals surface area contributed by atoms with Crippen molar-refractivity contribution in [2.75, 3.05) is 16.6 Å². The van der Waals surface area contributed by atoms with Crippen LogP contribution >= 0.6 is 11.6 Å². The van der Waals surface area contributed by atoms with E-state index in [2.05, 4.69) is 20.9 Å². The molecule has 1 heterocycles. The van der Waals surface area contributed by atoms with Crippen molar-refractivity contribution in [2.45, 2.75) is 6.42 Å². The number of anilines is 1. The van der Waals surface area contributed by atoms with E-state index in [1.807, 2.05) is 0 Å². The predicted octanol–water partition coefficient (Wildman–Crippen LogP) is 1.23. The Bertz CT molecular complexity index is 600. The van der Waals surface area contributed by atoms with Crippen molar-refractivity contribution in [1.29, 1.82) is 0 Å². The number of benzene rings is 1. The molecule has 104 valence electrons. The van der Waals surface area contributed by atoms with Crippen LogP contribution in [0.15, 0.2) is 36.9 Å². The number of nitrogens with one attached hydrogen (secondary N) is 2. The first kappa shape index (κ1) is 14.0. The summed E-state index contributed by atoms with van der Waals surface area (Å²) in [7, 11) is 0. The van der Waals surface area contributed by atoms with Crippen molar-refractivity contribution in [1.82, 2.24) is 14.9 Å². The van der Waals surface area contributed by atoms with Gasteiger partial charge in [0, 0.05) is 23.6 Å². The summed E-state index contributed by atoms with van der Waals surface area (Å²) in [5, 5.41) is 9.81. The first-order valence-electron chi connectivity index (χ1n) is 5.81. The van der Waals surface area contributed by atoms with Crippen LogP contribution in [0.2, 0.25) is 0 Å². The van der Waals surface area contributed by atoms with Gasteiger partial charge in [0.2, 0.25) is 5.91 Å². The molecule has 0 bridgehead atoms. The van der Waals surface area contributed by atoms with Crippen molar-refractivity contribution in [3.63, 3.8) is 0 Å². The van der Waals surface area contributed by atoms with Crippen molar-refractivity contribution < 1.29 is 9.59 Å². The summed E-state index contributed by atoms with van der Waals surface area (Å²) in [5.41, 5.74) is 3.51.